The van der Waals surface area contributed by atoms with E-state index in [0.29, 0.717) is 27.2 Å². The van der Waals surface area contributed by atoms with Crippen LogP contribution in [-0.2, 0) is 0 Å². The molecule has 1 fully saturated rings. The number of halogens is 2. The minimum atomic E-state index is -1.04. The number of anilines is 1. The summed E-state index contributed by atoms with van der Waals surface area (Å²) in [6.07, 6.45) is 1.74. The first-order valence-electron chi connectivity index (χ1n) is 10.7. The van der Waals surface area contributed by atoms with Gasteiger partial charge < -0.3 is 19.7 Å². The minimum Gasteiger partial charge on any atom is -0.478 e. The van der Waals surface area contributed by atoms with E-state index in [4.69, 9.17) is 28.2 Å². The lowest BCUT2D eigenvalue weighted by Gasteiger charge is -2.26. The third-order valence-electron chi connectivity index (χ3n) is 5.91. The van der Waals surface area contributed by atoms with Crippen molar-refractivity contribution in [1.29, 1.82) is 0 Å². The maximum Gasteiger partial charge on any atom is 0.335 e. The average molecular weight is 569 g/mol. The number of aryl methyl sites for hydroxylation is 1. The first kappa shape index (κ1) is 23.5. The van der Waals surface area contributed by atoms with Crippen molar-refractivity contribution in [3.63, 3.8) is 0 Å². The van der Waals surface area contributed by atoms with Gasteiger partial charge in [0.15, 0.2) is 5.11 Å². The molecule has 2 N–H and O–H groups in total. The van der Waals surface area contributed by atoms with Crippen LogP contribution < -0.4 is 10.2 Å². The summed E-state index contributed by atoms with van der Waals surface area (Å²) < 4.78 is 7.32. The molecule has 4 aromatic rings. The Morgan fingerprint density at radius 2 is 2.00 bits per heavy atom. The number of benzene rings is 2. The highest BCUT2D eigenvalue weighted by atomic mass is 79.9. The van der Waals surface area contributed by atoms with Gasteiger partial charge in [-0.25, -0.2) is 4.79 Å². The number of aromatic carboxylic acids is 1. The highest BCUT2D eigenvalue weighted by Crippen LogP contribution is 2.44. The van der Waals surface area contributed by atoms with Crippen molar-refractivity contribution in [2.24, 2.45) is 0 Å². The van der Waals surface area contributed by atoms with Crippen molar-refractivity contribution in [2.75, 3.05) is 4.90 Å². The summed E-state index contributed by atoms with van der Waals surface area (Å²) in [5, 5.41) is 13.8. The lowest BCUT2D eigenvalue weighted by molar-refractivity contribution is 0.0697. The average Bonchev–Trinajstić information content (AvgIpc) is 3.46. The van der Waals surface area contributed by atoms with Gasteiger partial charge in [-0.1, -0.05) is 33.6 Å². The van der Waals surface area contributed by atoms with Crippen LogP contribution in [0, 0.1) is 6.92 Å². The zero-order valence-corrected chi connectivity index (χ0v) is 21.6. The van der Waals surface area contributed by atoms with E-state index in [2.05, 4.69) is 32.3 Å². The molecule has 2 unspecified atom stereocenters. The molecule has 0 spiro atoms. The van der Waals surface area contributed by atoms with Crippen molar-refractivity contribution in [3.8, 4) is 11.3 Å². The van der Waals surface area contributed by atoms with Gasteiger partial charge >= 0.3 is 5.97 Å². The fourth-order valence-corrected chi connectivity index (χ4v) is 5.01. The summed E-state index contributed by atoms with van der Waals surface area (Å²) in [6.45, 7) is 2.02. The van der Waals surface area contributed by atoms with Gasteiger partial charge in [-0.05, 0) is 85.4 Å². The summed E-state index contributed by atoms with van der Waals surface area (Å²) in [4.78, 5) is 18.1. The Morgan fingerprint density at radius 3 is 2.71 bits per heavy atom. The van der Waals surface area contributed by atoms with E-state index in [9.17, 15) is 9.90 Å². The molecule has 0 bridgehead atoms. The molecule has 2 aromatic carbocycles. The number of carbonyl (C=O) groups is 1. The smallest absolute Gasteiger partial charge is 0.335 e. The molecule has 0 radical (unpaired) electrons. The lowest BCUT2D eigenvalue weighted by atomic mass is 10.0. The third kappa shape index (κ3) is 4.45. The molecule has 2 aromatic heterocycles. The maximum absolute atomic E-state index is 11.5. The molecule has 1 saturated heterocycles. The van der Waals surface area contributed by atoms with Gasteiger partial charge in [-0.2, -0.15) is 0 Å². The Balaban J connectivity index is 1.62. The van der Waals surface area contributed by atoms with Crippen LogP contribution in [0.1, 0.15) is 39.5 Å². The van der Waals surface area contributed by atoms with Gasteiger partial charge in [0.2, 0.25) is 0 Å². The van der Waals surface area contributed by atoms with E-state index in [-0.39, 0.29) is 17.6 Å². The van der Waals surface area contributed by atoms with Crippen LogP contribution in [-0.4, -0.2) is 21.2 Å². The highest BCUT2D eigenvalue weighted by molar-refractivity contribution is 9.10. The van der Waals surface area contributed by atoms with E-state index in [1.807, 2.05) is 48.2 Å². The monoisotopic (exact) mass is 567 g/mol. The highest BCUT2D eigenvalue weighted by Gasteiger charge is 2.42. The molecule has 3 heterocycles. The number of carboxylic acid groups (broad SMARTS) is 1. The molecule has 9 heteroatoms. The van der Waals surface area contributed by atoms with Crippen LogP contribution in [0.2, 0.25) is 5.02 Å². The van der Waals surface area contributed by atoms with Gasteiger partial charge in [0, 0.05) is 21.9 Å². The second kappa shape index (κ2) is 9.45. The number of thiocarbonyl (C=S) groups is 1. The van der Waals surface area contributed by atoms with Crippen molar-refractivity contribution >= 4 is 56.5 Å². The number of pyridine rings is 1. The van der Waals surface area contributed by atoms with Gasteiger partial charge in [-0.3, -0.25) is 4.98 Å². The SMILES string of the molecule is Cc1cc(N2C(=S)NC(c3ccccn3)C2c2ccc(-c3cc(C(=O)O)ccc3Cl)o2)ccc1Br. The minimum absolute atomic E-state index is 0.129. The van der Waals surface area contributed by atoms with Crippen LogP contribution >= 0.6 is 39.7 Å². The van der Waals surface area contributed by atoms with Gasteiger partial charge in [0.1, 0.15) is 17.6 Å². The van der Waals surface area contributed by atoms with Crippen LogP contribution in [0.25, 0.3) is 11.3 Å². The quantitative estimate of drug-likeness (QED) is 0.252. The van der Waals surface area contributed by atoms with Gasteiger partial charge in [0.05, 0.1) is 22.3 Å². The molecule has 176 valence electrons. The molecule has 6 nitrogen and oxygen atoms in total. The zero-order valence-electron chi connectivity index (χ0n) is 18.4. The van der Waals surface area contributed by atoms with E-state index >= 15 is 0 Å². The summed E-state index contributed by atoms with van der Waals surface area (Å²) in [5.41, 5.74) is 3.44. The topological polar surface area (TPSA) is 78.6 Å². The summed E-state index contributed by atoms with van der Waals surface area (Å²) in [7, 11) is 0. The predicted molar refractivity (Wildman–Crippen MR) is 143 cm³/mol. The fourth-order valence-electron chi connectivity index (χ4n) is 4.20. The fraction of sp³-hybridized carbons (Fsp3) is 0.115. The van der Waals surface area contributed by atoms with E-state index in [1.165, 1.54) is 12.1 Å². The Labute approximate surface area is 220 Å². The van der Waals surface area contributed by atoms with Crippen molar-refractivity contribution < 1.29 is 14.3 Å². The normalized spacial score (nSPS) is 17.5. The number of hydrogen-bond donors (Lipinski definition) is 2. The van der Waals surface area contributed by atoms with Gasteiger partial charge in [0.25, 0.3) is 0 Å². The van der Waals surface area contributed by atoms with Crippen LogP contribution in [0.5, 0.6) is 0 Å². The van der Waals surface area contributed by atoms with E-state index < -0.39 is 5.97 Å². The van der Waals surface area contributed by atoms with Crippen LogP contribution in [0.15, 0.2) is 81.8 Å². The first-order valence-corrected chi connectivity index (χ1v) is 12.3. The number of rotatable bonds is 5. The molecule has 0 saturated carbocycles. The molecular formula is C26H19BrClN3O3S. The number of hydrogen-bond acceptors (Lipinski definition) is 4. The molecule has 2 atom stereocenters. The largest absolute Gasteiger partial charge is 0.478 e. The van der Waals surface area contributed by atoms with Crippen molar-refractivity contribution in [3.05, 3.63) is 105 Å². The van der Waals surface area contributed by atoms with Crippen LogP contribution in [0.4, 0.5) is 5.69 Å². The first-order chi connectivity index (χ1) is 16.8. The summed E-state index contributed by atoms with van der Waals surface area (Å²) >= 11 is 15.7. The number of aromatic nitrogens is 1. The molecular weight excluding hydrogens is 550 g/mol. The number of nitrogens with zero attached hydrogens (tertiary/aromatic N) is 2. The lowest BCUT2D eigenvalue weighted by Crippen LogP contribution is -2.29. The predicted octanol–water partition coefficient (Wildman–Crippen LogP) is 6.94. The number of nitrogens with one attached hydrogen (secondary N) is 1. The zero-order chi connectivity index (χ0) is 24.7. The number of furan rings is 1. The summed E-state index contributed by atoms with van der Waals surface area (Å²) in [5.74, 6) is 0.0741. The Bertz CT molecular complexity index is 1440. The van der Waals surface area contributed by atoms with E-state index in [1.54, 1.807) is 18.3 Å². The Morgan fingerprint density at radius 1 is 1.17 bits per heavy atom. The Kier molecular flexibility index (Phi) is 6.35. The second-order valence-corrected chi connectivity index (χ2v) is 9.78. The van der Waals surface area contributed by atoms with Crippen LogP contribution in [0.3, 0.4) is 0 Å². The Hall–Kier alpha value is -3.20. The molecule has 1 aliphatic heterocycles. The van der Waals surface area contributed by atoms with Crippen molar-refractivity contribution in [2.45, 2.75) is 19.0 Å². The molecule has 0 amide bonds. The molecule has 0 aliphatic carbocycles. The van der Waals surface area contributed by atoms with E-state index in [0.717, 1.165) is 21.4 Å². The molecule has 5 rings (SSSR count). The second-order valence-electron chi connectivity index (χ2n) is 8.13. The number of carboxylic acids is 1. The maximum atomic E-state index is 11.5. The molecule has 35 heavy (non-hydrogen) atoms. The van der Waals surface area contributed by atoms with Crippen molar-refractivity contribution in [1.82, 2.24) is 10.3 Å². The third-order valence-corrected chi connectivity index (χ3v) is 7.45. The summed E-state index contributed by atoms with van der Waals surface area (Å²) in [6, 6.07) is 19.4. The standard InChI is InChI=1S/C26H19BrClN3O3S/c1-14-12-16(6-7-18(14)27)31-24(23(30-26(31)35)20-4-2-3-11-29-20)22-10-9-21(34-22)17-13-15(25(32)33)5-8-19(17)28/h2-13,23-24H,1H3,(H,30,35)(H,32,33). The van der Waals surface area contributed by atoms with Gasteiger partial charge in [-0.15, -0.1) is 0 Å². The molecule has 1 aliphatic rings.